The van der Waals surface area contributed by atoms with Crippen molar-refractivity contribution in [3.63, 3.8) is 0 Å². The number of imidazole rings is 1. The molecular weight excluding hydrogens is 595 g/mol. The zero-order valence-electron chi connectivity index (χ0n) is 22.3. The Kier molecular flexibility index (Phi) is 8.18. The van der Waals surface area contributed by atoms with E-state index >= 15 is 0 Å². The Balaban J connectivity index is 1.06. The highest BCUT2D eigenvalue weighted by Crippen LogP contribution is 2.26. The van der Waals surface area contributed by atoms with Gasteiger partial charge in [-0.2, -0.15) is 4.98 Å². The lowest BCUT2D eigenvalue weighted by molar-refractivity contribution is -0.0592. The quantitative estimate of drug-likeness (QED) is 0.249. The largest absolute Gasteiger partial charge is 0.478 e. The average Bonchev–Trinajstić information content (AvgIpc) is 3.27. The molecule has 2 aromatic heterocycles. The van der Waals surface area contributed by atoms with Gasteiger partial charge in [0.15, 0.2) is 0 Å². The number of halogens is 2. The minimum atomic E-state index is -0.951. The maximum Gasteiger partial charge on any atom is 0.335 e. The van der Waals surface area contributed by atoms with E-state index in [0.29, 0.717) is 34.9 Å². The minimum absolute atomic E-state index is 0.0123. The Labute approximate surface area is 245 Å². The second-order valence-electron chi connectivity index (χ2n) is 10.4. The van der Waals surface area contributed by atoms with Crippen molar-refractivity contribution in [3.05, 3.63) is 81.8 Å². The first kappa shape index (κ1) is 27.6. The number of fused-ring (bicyclic) bond motifs is 1. The van der Waals surface area contributed by atoms with Gasteiger partial charge in [0.25, 0.3) is 0 Å². The lowest BCUT2D eigenvalue weighted by atomic mass is 10.1. The number of aromatic nitrogens is 3. The third-order valence-electron chi connectivity index (χ3n) is 7.53. The topological polar surface area (TPSA) is 98.9 Å². The van der Waals surface area contributed by atoms with Crippen molar-refractivity contribution >= 4 is 32.9 Å². The molecule has 2 fully saturated rings. The summed E-state index contributed by atoms with van der Waals surface area (Å²) in [5.74, 6) is 0.478. The van der Waals surface area contributed by atoms with E-state index in [1.165, 1.54) is 6.07 Å². The Hall–Kier alpha value is -3.54. The van der Waals surface area contributed by atoms with Gasteiger partial charge in [0.05, 0.1) is 35.8 Å². The summed E-state index contributed by atoms with van der Waals surface area (Å²) in [6.45, 7) is 3.80. The molecule has 214 valence electrons. The fourth-order valence-corrected chi connectivity index (χ4v) is 5.48. The molecule has 4 aromatic rings. The standard InChI is InChI=1S/C30H30BrFN4O5/c31-21-6-4-20(24(32)15-21)18-40-28-2-1-3-29(34-28)41-22-8-11-35(12-9-22)17-27-33-25-7-5-19(30(37)38)14-26(25)36(27)16-23-10-13-39-23/h1-7,14-15,22-23H,8-13,16-18H2,(H,37,38)/t23-/m0/s1. The van der Waals surface area contributed by atoms with Crippen LogP contribution >= 0.6 is 15.9 Å². The first-order valence-electron chi connectivity index (χ1n) is 13.7. The summed E-state index contributed by atoms with van der Waals surface area (Å²) in [7, 11) is 0. The molecule has 0 spiro atoms. The van der Waals surface area contributed by atoms with Crippen LogP contribution in [0.1, 0.15) is 41.0 Å². The summed E-state index contributed by atoms with van der Waals surface area (Å²) in [6, 6.07) is 15.3. The van der Waals surface area contributed by atoms with E-state index in [1.54, 1.807) is 42.5 Å². The molecule has 2 aliphatic heterocycles. The van der Waals surface area contributed by atoms with E-state index < -0.39 is 5.97 Å². The molecule has 0 saturated carbocycles. The molecule has 9 nitrogen and oxygen atoms in total. The molecule has 2 aliphatic rings. The second-order valence-corrected chi connectivity index (χ2v) is 11.3. The van der Waals surface area contributed by atoms with Crippen molar-refractivity contribution in [2.45, 2.75) is 51.2 Å². The van der Waals surface area contributed by atoms with Crippen LogP contribution in [0, 0.1) is 5.82 Å². The van der Waals surface area contributed by atoms with E-state index in [1.807, 2.05) is 6.07 Å². The highest BCUT2D eigenvalue weighted by atomic mass is 79.9. The number of carboxylic acids is 1. The smallest absolute Gasteiger partial charge is 0.335 e. The molecule has 41 heavy (non-hydrogen) atoms. The van der Waals surface area contributed by atoms with Gasteiger partial charge in [-0.1, -0.05) is 28.1 Å². The van der Waals surface area contributed by atoms with Gasteiger partial charge in [-0.15, -0.1) is 0 Å². The van der Waals surface area contributed by atoms with Gasteiger partial charge in [-0.3, -0.25) is 4.90 Å². The molecule has 0 radical (unpaired) electrons. The summed E-state index contributed by atoms with van der Waals surface area (Å²) in [6.07, 6.45) is 2.78. The number of rotatable bonds is 10. The number of aromatic carboxylic acids is 1. The fraction of sp³-hybridized carbons (Fsp3) is 0.367. The average molecular weight is 625 g/mol. The maximum absolute atomic E-state index is 14.1. The van der Waals surface area contributed by atoms with Crippen molar-refractivity contribution in [1.82, 2.24) is 19.4 Å². The van der Waals surface area contributed by atoms with Crippen LogP contribution in [0.15, 0.2) is 59.1 Å². The van der Waals surface area contributed by atoms with Crippen molar-refractivity contribution < 1.29 is 28.5 Å². The van der Waals surface area contributed by atoms with Crippen LogP contribution in [-0.2, 0) is 24.4 Å². The predicted octanol–water partition coefficient (Wildman–Crippen LogP) is 5.44. The maximum atomic E-state index is 14.1. The third kappa shape index (κ3) is 6.52. The number of nitrogens with zero attached hydrogens (tertiary/aromatic N) is 4. The second kappa shape index (κ2) is 12.1. The van der Waals surface area contributed by atoms with E-state index in [0.717, 1.165) is 55.8 Å². The number of pyridine rings is 1. The van der Waals surface area contributed by atoms with Crippen molar-refractivity contribution in [1.29, 1.82) is 0 Å². The Morgan fingerprint density at radius 1 is 1.07 bits per heavy atom. The number of likely N-dealkylation sites (tertiary alicyclic amines) is 1. The number of carboxylic acid groups (broad SMARTS) is 1. The van der Waals surface area contributed by atoms with Crippen LogP contribution in [0.5, 0.6) is 11.8 Å². The summed E-state index contributed by atoms with van der Waals surface area (Å²) in [4.78, 5) is 23.2. The van der Waals surface area contributed by atoms with E-state index in [-0.39, 0.29) is 30.2 Å². The lowest BCUT2D eigenvalue weighted by Gasteiger charge is -2.32. The zero-order valence-corrected chi connectivity index (χ0v) is 23.9. The molecule has 0 amide bonds. The number of hydrogen-bond donors (Lipinski definition) is 1. The molecule has 0 unspecified atom stereocenters. The SMILES string of the molecule is O=C(O)c1ccc2nc(CN3CCC(Oc4cccc(OCc5ccc(Br)cc5F)n4)CC3)n(C[C@@H]3CCO3)c2c1. The molecular formula is C30H30BrFN4O5. The van der Waals surface area contributed by atoms with Gasteiger partial charge in [0, 0.05) is 41.9 Å². The van der Waals surface area contributed by atoms with Crippen LogP contribution in [0.3, 0.4) is 0 Å². The molecule has 11 heteroatoms. The summed E-state index contributed by atoms with van der Waals surface area (Å²) in [5.41, 5.74) is 2.31. The molecule has 2 saturated heterocycles. The van der Waals surface area contributed by atoms with Gasteiger partial charge in [0.1, 0.15) is 24.4 Å². The molecule has 1 N–H and O–H groups in total. The Bertz CT molecular complexity index is 1550. The Morgan fingerprint density at radius 3 is 2.61 bits per heavy atom. The number of ether oxygens (including phenoxy) is 3. The van der Waals surface area contributed by atoms with Crippen LogP contribution in [0.25, 0.3) is 11.0 Å². The molecule has 6 rings (SSSR count). The fourth-order valence-electron chi connectivity index (χ4n) is 5.15. The molecule has 4 heterocycles. The summed E-state index contributed by atoms with van der Waals surface area (Å²) < 4.78 is 34.5. The number of piperidine rings is 1. The van der Waals surface area contributed by atoms with Crippen LogP contribution in [0.2, 0.25) is 0 Å². The minimum Gasteiger partial charge on any atom is -0.478 e. The monoisotopic (exact) mass is 624 g/mol. The summed E-state index contributed by atoms with van der Waals surface area (Å²) in [5, 5.41) is 9.48. The normalized spacial score (nSPS) is 17.9. The van der Waals surface area contributed by atoms with Gasteiger partial charge < -0.3 is 23.9 Å². The molecule has 0 bridgehead atoms. The number of benzene rings is 2. The number of hydrogen-bond acceptors (Lipinski definition) is 7. The predicted molar refractivity (Wildman–Crippen MR) is 153 cm³/mol. The number of carbonyl (C=O) groups is 1. The molecule has 1 atom stereocenters. The molecule has 0 aliphatic carbocycles. The molecule has 2 aromatic carbocycles. The third-order valence-corrected chi connectivity index (χ3v) is 8.02. The highest BCUT2D eigenvalue weighted by molar-refractivity contribution is 9.10. The lowest BCUT2D eigenvalue weighted by Crippen LogP contribution is -2.39. The van der Waals surface area contributed by atoms with Gasteiger partial charge in [-0.25, -0.2) is 14.2 Å². The van der Waals surface area contributed by atoms with E-state index in [2.05, 4.69) is 30.4 Å². The summed E-state index contributed by atoms with van der Waals surface area (Å²) >= 11 is 3.26. The van der Waals surface area contributed by atoms with Gasteiger partial charge in [-0.05, 0) is 49.6 Å². The van der Waals surface area contributed by atoms with E-state index in [4.69, 9.17) is 19.2 Å². The zero-order chi connectivity index (χ0) is 28.3. The van der Waals surface area contributed by atoms with Crippen molar-refractivity contribution in [3.8, 4) is 11.8 Å². The van der Waals surface area contributed by atoms with Gasteiger partial charge in [0.2, 0.25) is 11.8 Å². The first-order valence-corrected chi connectivity index (χ1v) is 14.5. The highest BCUT2D eigenvalue weighted by Gasteiger charge is 2.26. The first-order chi connectivity index (χ1) is 19.9. The van der Waals surface area contributed by atoms with Gasteiger partial charge >= 0.3 is 5.97 Å². The Morgan fingerprint density at radius 2 is 1.88 bits per heavy atom. The van der Waals surface area contributed by atoms with Crippen LogP contribution < -0.4 is 9.47 Å². The van der Waals surface area contributed by atoms with Crippen LogP contribution in [0.4, 0.5) is 4.39 Å². The van der Waals surface area contributed by atoms with Crippen molar-refractivity contribution in [2.24, 2.45) is 0 Å². The van der Waals surface area contributed by atoms with Crippen LogP contribution in [-0.4, -0.2) is 62.4 Å². The van der Waals surface area contributed by atoms with E-state index in [9.17, 15) is 14.3 Å². The van der Waals surface area contributed by atoms with Crippen molar-refractivity contribution in [2.75, 3.05) is 19.7 Å².